The zero-order valence-corrected chi connectivity index (χ0v) is 19.3. The van der Waals surface area contributed by atoms with Crippen molar-refractivity contribution in [3.05, 3.63) is 29.8 Å². The lowest BCUT2D eigenvalue weighted by Gasteiger charge is -2.51. The van der Waals surface area contributed by atoms with Crippen molar-refractivity contribution < 1.29 is 14.4 Å². The summed E-state index contributed by atoms with van der Waals surface area (Å²) < 4.78 is 0. The number of imide groups is 1. The zero-order valence-electron chi connectivity index (χ0n) is 18.5. The van der Waals surface area contributed by atoms with Crippen molar-refractivity contribution in [2.24, 2.45) is 11.8 Å². The molecule has 1 aromatic carbocycles. The average molecular weight is 446 g/mol. The summed E-state index contributed by atoms with van der Waals surface area (Å²) in [6.07, 6.45) is 1.49. The fourth-order valence-electron chi connectivity index (χ4n) is 4.64. The van der Waals surface area contributed by atoms with Crippen LogP contribution >= 0.6 is 11.8 Å². The molecule has 2 N–H and O–H groups in total. The lowest BCUT2D eigenvalue weighted by atomic mass is 9.95. The van der Waals surface area contributed by atoms with E-state index in [0.29, 0.717) is 0 Å². The molecule has 3 aliphatic heterocycles. The van der Waals surface area contributed by atoms with Gasteiger partial charge in [-0.25, -0.2) is 4.79 Å². The van der Waals surface area contributed by atoms with Crippen LogP contribution in [0.2, 0.25) is 0 Å². The van der Waals surface area contributed by atoms with Gasteiger partial charge in [-0.3, -0.25) is 25.1 Å². The molecule has 0 radical (unpaired) electrons. The van der Waals surface area contributed by atoms with Crippen LogP contribution in [0.5, 0.6) is 0 Å². The van der Waals surface area contributed by atoms with Gasteiger partial charge >= 0.3 is 6.03 Å². The summed E-state index contributed by atoms with van der Waals surface area (Å²) in [4.78, 5) is 43.3. The summed E-state index contributed by atoms with van der Waals surface area (Å²) in [6.45, 7) is 4.89. The van der Waals surface area contributed by atoms with E-state index >= 15 is 0 Å². The number of hydrogen-bond acceptors (Lipinski definition) is 6. The largest absolute Gasteiger partial charge is 0.327 e. The molecule has 4 rings (SSSR count). The Labute approximate surface area is 187 Å². The Balaban J connectivity index is 1.51. The monoisotopic (exact) mass is 445 g/mol. The first-order valence-electron chi connectivity index (χ1n) is 10.9. The number of rotatable bonds is 4. The molecule has 0 saturated carbocycles. The van der Waals surface area contributed by atoms with E-state index in [-0.39, 0.29) is 41.1 Å². The number of carbonyl (C=O) groups is 3. The molecule has 3 aliphatic rings. The average Bonchev–Trinajstić information content (AvgIpc) is 2.78. The van der Waals surface area contributed by atoms with E-state index in [1.165, 1.54) is 29.3 Å². The SMILES string of the molecule is CC(C)C1NC(SCC(=O)N2CCCc3ccccc32)C2C(=O)N(C)C(=O)N(C)C2N1. The van der Waals surface area contributed by atoms with Gasteiger partial charge in [0.2, 0.25) is 11.8 Å². The van der Waals surface area contributed by atoms with E-state index in [1.54, 1.807) is 11.9 Å². The molecule has 1 aromatic rings. The Morgan fingerprint density at radius 2 is 1.94 bits per heavy atom. The molecule has 0 spiro atoms. The molecule has 9 heteroatoms. The third-order valence-electron chi connectivity index (χ3n) is 6.45. The molecular formula is C22H31N5O3S. The standard InChI is InChI=1S/C22H31N5O3S/c1-13(2)18-23-19-17(21(29)26(4)22(30)25(19)3)20(24-18)31-12-16(28)27-11-7-9-14-8-5-6-10-15(14)27/h5-6,8,10,13,17-20,23-24H,7,9,11-12H2,1-4H3. The van der Waals surface area contributed by atoms with Gasteiger partial charge in [-0.15, -0.1) is 11.8 Å². The fourth-order valence-corrected chi connectivity index (χ4v) is 5.83. The normalized spacial score (nSPS) is 28.6. The van der Waals surface area contributed by atoms with Crippen LogP contribution in [0, 0.1) is 11.8 Å². The Morgan fingerprint density at radius 3 is 2.68 bits per heavy atom. The van der Waals surface area contributed by atoms with Crippen molar-refractivity contribution in [1.29, 1.82) is 0 Å². The lowest BCUT2D eigenvalue weighted by molar-refractivity contribution is -0.140. The van der Waals surface area contributed by atoms with E-state index in [0.717, 1.165) is 25.1 Å². The van der Waals surface area contributed by atoms with Gasteiger partial charge in [0.15, 0.2) is 0 Å². The number of fused-ring (bicyclic) bond motifs is 2. The summed E-state index contributed by atoms with van der Waals surface area (Å²) in [7, 11) is 3.24. The van der Waals surface area contributed by atoms with Crippen LogP contribution in [0.25, 0.3) is 0 Å². The number of para-hydroxylation sites is 1. The molecule has 0 aromatic heterocycles. The number of thioether (sulfide) groups is 1. The maximum absolute atomic E-state index is 13.1. The van der Waals surface area contributed by atoms with Gasteiger partial charge in [-0.2, -0.15) is 0 Å². The van der Waals surface area contributed by atoms with Crippen molar-refractivity contribution in [3.8, 4) is 0 Å². The minimum Gasteiger partial charge on any atom is -0.311 e. The van der Waals surface area contributed by atoms with Crippen LogP contribution in [-0.4, -0.2) is 71.7 Å². The van der Waals surface area contributed by atoms with Gasteiger partial charge < -0.3 is 9.80 Å². The second-order valence-corrected chi connectivity index (χ2v) is 9.96. The maximum atomic E-state index is 13.1. The predicted molar refractivity (Wildman–Crippen MR) is 121 cm³/mol. The topological polar surface area (TPSA) is 85.0 Å². The molecule has 4 unspecified atom stereocenters. The van der Waals surface area contributed by atoms with Crippen molar-refractivity contribution >= 4 is 35.3 Å². The first-order valence-corrected chi connectivity index (χ1v) is 11.9. The quantitative estimate of drug-likeness (QED) is 0.733. The Kier molecular flexibility index (Phi) is 6.27. The third-order valence-corrected chi connectivity index (χ3v) is 7.65. The predicted octanol–water partition coefficient (Wildman–Crippen LogP) is 1.67. The summed E-state index contributed by atoms with van der Waals surface area (Å²) in [5.74, 6) is -0.102. The number of urea groups is 1. The summed E-state index contributed by atoms with van der Waals surface area (Å²) >= 11 is 1.46. The first-order chi connectivity index (χ1) is 14.8. The van der Waals surface area contributed by atoms with Crippen LogP contribution in [0.15, 0.2) is 24.3 Å². The molecule has 168 valence electrons. The number of amides is 4. The van der Waals surface area contributed by atoms with E-state index in [4.69, 9.17) is 0 Å². The molecule has 4 amide bonds. The van der Waals surface area contributed by atoms with Gasteiger partial charge in [0, 0.05) is 26.3 Å². The van der Waals surface area contributed by atoms with Gasteiger partial charge in [0.25, 0.3) is 0 Å². The fraction of sp³-hybridized carbons (Fsp3) is 0.591. The van der Waals surface area contributed by atoms with E-state index < -0.39 is 12.1 Å². The molecule has 0 aliphatic carbocycles. The molecule has 0 bridgehead atoms. The molecule has 2 saturated heterocycles. The van der Waals surface area contributed by atoms with E-state index in [9.17, 15) is 14.4 Å². The minimum absolute atomic E-state index is 0.0520. The number of nitrogens with one attached hydrogen (secondary N) is 2. The molecule has 3 heterocycles. The second kappa shape index (κ2) is 8.80. The number of nitrogens with zero attached hydrogens (tertiary/aromatic N) is 3. The molecule has 2 fully saturated rings. The molecule has 31 heavy (non-hydrogen) atoms. The smallest absolute Gasteiger partial charge is 0.311 e. The van der Waals surface area contributed by atoms with Crippen LogP contribution in [0.4, 0.5) is 10.5 Å². The van der Waals surface area contributed by atoms with Crippen molar-refractivity contribution in [1.82, 2.24) is 20.4 Å². The van der Waals surface area contributed by atoms with E-state index in [2.05, 4.69) is 30.5 Å². The molecule has 8 nitrogen and oxygen atoms in total. The number of aryl methyl sites for hydroxylation is 1. The van der Waals surface area contributed by atoms with Crippen LogP contribution in [0.1, 0.15) is 25.8 Å². The number of anilines is 1. The Morgan fingerprint density at radius 1 is 1.19 bits per heavy atom. The van der Waals surface area contributed by atoms with Crippen molar-refractivity contribution in [2.75, 3.05) is 31.3 Å². The third kappa shape index (κ3) is 4.06. The highest BCUT2D eigenvalue weighted by Gasteiger charge is 2.51. The number of hydrogen-bond donors (Lipinski definition) is 2. The van der Waals surface area contributed by atoms with Crippen LogP contribution in [-0.2, 0) is 16.0 Å². The van der Waals surface area contributed by atoms with Crippen molar-refractivity contribution in [2.45, 2.75) is 44.4 Å². The number of carbonyl (C=O) groups excluding carboxylic acids is 3. The molecule has 4 atom stereocenters. The highest BCUT2D eigenvalue weighted by Crippen LogP contribution is 2.33. The summed E-state index contributed by atoms with van der Waals surface area (Å²) in [5.41, 5.74) is 2.20. The number of benzene rings is 1. The Hall–Kier alpha value is -2.10. The van der Waals surface area contributed by atoms with Gasteiger partial charge in [0.05, 0.1) is 29.4 Å². The Bertz CT molecular complexity index is 878. The summed E-state index contributed by atoms with van der Waals surface area (Å²) in [5, 5.41) is 6.66. The van der Waals surface area contributed by atoms with Crippen molar-refractivity contribution in [3.63, 3.8) is 0 Å². The van der Waals surface area contributed by atoms with Gasteiger partial charge in [0.1, 0.15) is 0 Å². The van der Waals surface area contributed by atoms with Crippen LogP contribution in [0.3, 0.4) is 0 Å². The zero-order chi connectivity index (χ0) is 22.3. The summed E-state index contributed by atoms with van der Waals surface area (Å²) in [6, 6.07) is 7.75. The van der Waals surface area contributed by atoms with Gasteiger partial charge in [-0.05, 0) is 30.4 Å². The lowest BCUT2D eigenvalue weighted by Crippen LogP contribution is -2.75. The second-order valence-electron chi connectivity index (χ2n) is 8.83. The maximum Gasteiger partial charge on any atom is 0.327 e. The van der Waals surface area contributed by atoms with E-state index in [1.807, 2.05) is 23.1 Å². The van der Waals surface area contributed by atoms with Gasteiger partial charge in [-0.1, -0.05) is 32.0 Å². The minimum atomic E-state index is -0.464. The first kappa shape index (κ1) is 22.1. The highest BCUT2D eigenvalue weighted by atomic mass is 32.2. The van der Waals surface area contributed by atoms with Crippen LogP contribution < -0.4 is 15.5 Å². The highest BCUT2D eigenvalue weighted by molar-refractivity contribution is 8.00. The molecular weight excluding hydrogens is 414 g/mol.